The zero-order valence-corrected chi connectivity index (χ0v) is 18.4. The molecule has 0 aliphatic rings. The maximum absolute atomic E-state index is 10.4. The van der Waals surface area contributed by atoms with E-state index in [1.807, 2.05) is 0 Å². The van der Waals surface area contributed by atoms with Crippen LogP contribution in [0, 0.1) is 0 Å². The van der Waals surface area contributed by atoms with Crippen LogP contribution in [0.15, 0.2) is 18.2 Å². The Kier molecular flexibility index (Phi) is 7.79. The van der Waals surface area contributed by atoms with E-state index < -0.39 is 0 Å². The third-order valence-electron chi connectivity index (χ3n) is 5.35. The molecule has 0 saturated heterocycles. The first-order chi connectivity index (χ1) is 14.0. The number of hydrogen-bond donors (Lipinski definition) is 2. The van der Waals surface area contributed by atoms with Crippen molar-refractivity contribution in [3.63, 3.8) is 0 Å². The fourth-order valence-electron chi connectivity index (χ4n) is 3.70. The van der Waals surface area contributed by atoms with Gasteiger partial charge in [0, 0.05) is 11.6 Å². The number of halogens is 2. The molecule has 3 aromatic rings. The Bertz CT molecular complexity index is 992. The highest BCUT2D eigenvalue weighted by atomic mass is 35.5. The van der Waals surface area contributed by atoms with Gasteiger partial charge in [-0.3, -0.25) is 0 Å². The summed E-state index contributed by atoms with van der Waals surface area (Å²) in [5.41, 5.74) is 3.00. The summed E-state index contributed by atoms with van der Waals surface area (Å²) in [5, 5.41) is 21.4. The number of aromatic nitrogens is 2. The summed E-state index contributed by atoms with van der Waals surface area (Å²) in [6, 6.07) is 4.78. The van der Waals surface area contributed by atoms with E-state index in [-0.39, 0.29) is 11.5 Å². The smallest absolute Gasteiger partial charge is 0.163 e. The molecule has 4 nitrogen and oxygen atoms in total. The van der Waals surface area contributed by atoms with Crippen LogP contribution in [0.1, 0.15) is 70.3 Å². The topological polar surface area (TPSA) is 66.2 Å². The molecule has 0 saturated carbocycles. The largest absolute Gasteiger partial charge is 0.504 e. The van der Waals surface area contributed by atoms with Crippen molar-refractivity contribution in [2.45, 2.75) is 71.1 Å². The molecule has 3 rings (SSSR count). The van der Waals surface area contributed by atoms with E-state index in [0.717, 1.165) is 12.8 Å². The van der Waals surface area contributed by atoms with E-state index in [2.05, 4.69) is 16.9 Å². The van der Waals surface area contributed by atoms with Gasteiger partial charge in [-0.2, -0.15) is 0 Å². The molecule has 0 bridgehead atoms. The lowest BCUT2D eigenvalue weighted by molar-refractivity contribution is 0.399. The predicted molar refractivity (Wildman–Crippen MR) is 121 cm³/mol. The summed E-state index contributed by atoms with van der Waals surface area (Å²) in [6.45, 7) is 2.23. The number of fused-ring (bicyclic) bond motifs is 2. The van der Waals surface area contributed by atoms with Gasteiger partial charge in [0.05, 0.1) is 32.1 Å². The fourth-order valence-corrected chi connectivity index (χ4v) is 4.02. The molecule has 0 unspecified atom stereocenters. The van der Waals surface area contributed by atoms with Crippen molar-refractivity contribution < 1.29 is 10.2 Å². The second kappa shape index (κ2) is 10.3. The van der Waals surface area contributed by atoms with Gasteiger partial charge in [0.2, 0.25) is 0 Å². The summed E-state index contributed by atoms with van der Waals surface area (Å²) in [6.07, 6.45) is 11.7. The van der Waals surface area contributed by atoms with Crippen molar-refractivity contribution in [3.8, 4) is 11.5 Å². The summed E-state index contributed by atoms with van der Waals surface area (Å²) >= 11 is 12.2. The van der Waals surface area contributed by atoms with Crippen molar-refractivity contribution >= 4 is 45.3 Å². The Labute approximate surface area is 181 Å². The average Bonchev–Trinajstić information content (AvgIpc) is 2.69. The Hall–Kier alpha value is -1.78. The van der Waals surface area contributed by atoms with Crippen molar-refractivity contribution in [2.75, 3.05) is 0 Å². The van der Waals surface area contributed by atoms with E-state index in [1.54, 1.807) is 12.1 Å². The summed E-state index contributed by atoms with van der Waals surface area (Å²) in [7, 11) is 0. The molecule has 2 N–H and O–H groups in total. The molecule has 29 heavy (non-hydrogen) atoms. The normalized spacial score (nSPS) is 11.6. The van der Waals surface area contributed by atoms with Gasteiger partial charge in [0.1, 0.15) is 0 Å². The number of phenols is 2. The standard InChI is InChI=1S/C23H28Cl2N2O2/c1-2-3-4-5-6-7-8-9-10-11-15-22-20(14-21(28)23(15)29)26-18-12-16(24)17(25)13-19(18)27-22/h12-14,28-29H,2-11H2,1H3. The second-order valence-electron chi connectivity index (χ2n) is 7.65. The maximum atomic E-state index is 10.4. The van der Waals surface area contributed by atoms with Crippen LogP contribution in [0.25, 0.3) is 22.1 Å². The van der Waals surface area contributed by atoms with Crippen LogP contribution in [0.3, 0.4) is 0 Å². The molecule has 156 valence electrons. The molecule has 0 aliphatic carbocycles. The van der Waals surface area contributed by atoms with Crippen molar-refractivity contribution in [1.29, 1.82) is 0 Å². The Balaban J connectivity index is 1.72. The van der Waals surface area contributed by atoms with Crippen LogP contribution >= 0.6 is 23.2 Å². The van der Waals surface area contributed by atoms with Crippen molar-refractivity contribution in [3.05, 3.63) is 33.8 Å². The van der Waals surface area contributed by atoms with Crippen LogP contribution in [0.4, 0.5) is 0 Å². The van der Waals surface area contributed by atoms with Crippen LogP contribution in [0.2, 0.25) is 10.0 Å². The number of benzene rings is 2. The van der Waals surface area contributed by atoms with Gasteiger partial charge in [-0.25, -0.2) is 9.97 Å². The zero-order valence-electron chi connectivity index (χ0n) is 16.8. The average molecular weight is 435 g/mol. The molecule has 1 heterocycles. The molecule has 2 aromatic carbocycles. The lowest BCUT2D eigenvalue weighted by Crippen LogP contribution is -1.96. The van der Waals surface area contributed by atoms with Crippen molar-refractivity contribution in [2.24, 2.45) is 0 Å². The number of nitrogens with zero attached hydrogens (tertiary/aromatic N) is 2. The van der Waals surface area contributed by atoms with E-state index in [9.17, 15) is 10.2 Å². The molecule has 0 amide bonds. The Morgan fingerprint density at radius 2 is 1.28 bits per heavy atom. The first-order valence-corrected chi connectivity index (χ1v) is 11.3. The number of hydrogen-bond acceptors (Lipinski definition) is 4. The molecule has 6 heteroatoms. The molecular formula is C23H28Cl2N2O2. The lowest BCUT2D eigenvalue weighted by Gasteiger charge is -2.11. The van der Waals surface area contributed by atoms with Gasteiger partial charge in [0.15, 0.2) is 11.5 Å². The minimum Gasteiger partial charge on any atom is -0.504 e. The molecular weight excluding hydrogens is 407 g/mol. The molecule has 0 aliphatic heterocycles. The molecule has 1 aromatic heterocycles. The third kappa shape index (κ3) is 5.43. The van der Waals surface area contributed by atoms with E-state index in [0.29, 0.717) is 44.1 Å². The Morgan fingerprint density at radius 3 is 1.90 bits per heavy atom. The van der Waals surface area contributed by atoms with Gasteiger partial charge in [0.25, 0.3) is 0 Å². The van der Waals surface area contributed by atoms with Crippen LogP contribution < -0.4 is 0 Å². The highest BCUT2D eigenvalue weighted by Gasteiger charge is 2.16. The number of aryl methyl sites for hydroxylation is 1. The number of aromatic hydroxyl groups is 2. The highest BCUT2D eigenvalue weighted by molar-refractivity contribution is 6.42. The van der Waals surface area contributed by atoms with E-state index in [1.165, 1.54) is 51.0 Å². The quantitative estimate of drug-likeness (QED) is 0.196. The first-order valence-electron chi connectivity index (χ1n) is 10.5. The molecule has 0 atom stereocenters. The molecule has 0 spiro atoms. The first kappa shape index (κ1) is 21.9. The van der Waals surface area contributed by atoms with Gasteiger partial charge in [-0.15, -0.1) is 0 Å². The monoisotopic (exact) mass is 434 g/mol. The maximum Gasteiger partial charge on any atom is 0.163 e. The van der Waals surface area contributed by atoms with Gasteiger partial charge >= 0.3 is 0 Å². The van der Waals surface area contributed by atoms with E-state index in [4.69, 9.17) is 23.2 Å². The minimum atomic E-state index is -0.169. The third-order valence-corrected chi connectivity index (χ3v) is 6.07. The van der Waals surface area contributed by atoms with Crippen LogP contribution in [-0.2, 0) is 6.42 Å². The summed E-state index contributed by atoms with van der Waals surface area (Å²) < 4.78 is 0. The Morgan fingerprint density at radius 1 is 0.724 bits per heavy atom. The second-order valence-corrected chi connectivity index (χ2v) is 8.46. The van der Waals surface area contributed by atoms with Gasteiger partial charge < -0.3 is 10.2 Å². The van der Waals surface area contributed by atoms with Crippen LogP contribution in [-0.4, -0.2) is 20.2 Å². The predicted octanol–water partition coefficient (Wildman–Crippen LogP) is 7.57. The highest BCUT2D eigenvalue weighted by Crippen LogP contribution is 2.37. The molecule has 0 fully saturated rings. The fraction of sp³-hybridized carbons (Fsp3) is 0.478. The molecule has 0 radical (unpaired) electrons. The number of unbranched alkanes of at least 4 members (excludes halogenated alkanes) is 8. The summed E-state index contributed by atoms with van der Waals surface area (Å²) in [4.78, 5) is 9.22. The summed E-state index contributed by atoms with van der Waals surface area (Å²) in [5.74, 6) is -0.275. The number of phenolic OH excluding ortho intramolecular Hbond substituents is 2. The lowest BCUT2D eigenvalue weighted by atomic mass is 10.0. The zero-order chi connectivity index (χ0) is 20.8. The minimum absolute atomic E-state index is 0.106. The van der Waals surface area contributed by atoms with Crippen LogP contribution in [0.5, 0.6) is 11.5 Å². The van der Waals surface area contributed by atoms with Gasteiger partial charge in [-0.05, 0) is 25.0 Å². The van der Waals surface area contributed by atoms with Crippen molar-refractivity contribution in [1.82, 2.24) is 9.97 Å². The van der Waals surface area contributed by atoms with Gasteiger partial charge in [-0.1, -0.05) is 81.5 Å². The number of rotatable bonds is 10. The van der Waals surface area contributed by atoms with E-state index >= 15 is 0 Å². The SMILES string of the molecule is CCCCCCCCCCCc1c(O)c(O)cc2nc3cc(Cl)c(Cl)cc3nc12.